The first-order valence-electron chi connectivity index (χ1n) is 8.70. The molecule has 0 radical (unpaired) electrons. The number of nitrogens with one attached hydrogen (secondary N) is 1. The van der Waals surface area contributed by atoms with Crippen molar-refractivity contribution in [2.24, 2.45) is 5.41 Å². The van der Waals surface area contributed by atoms with E-state index in [1.807, 2.05) is 13.0 Å². The van der Waals surface area contributed by atoms with Crippen LogP contribution in [0.25, 0.3) is 0 Å². The fourth-order valence-corrected chi connectivity index (χ4v) is 3.93. The zero-order valence-corrected chi connectivity index (χ0v) is 14.9. The van der Waals surface area contributed by atoms with Crippen LogP contribution >= 0.6 is 0 Å². The Labute approximate surface area is 143 Å². The van der Waals surface area contributed by atoms with Gasteiger partial charge in [-0.05, 0) is 26.2 Å². The molecule has 0 aromatic carbocycles. The zero-order chi connectivity index (χ0) is 17.2. The van der Waals surface area contributed by atoms with E-state index in [4.69, 9.17) is 9.26 Å². The molecular formula is C17H28N4O3. The van der Waals surface area contributed by atoms with Crippen LogP contribution in [-0.2, 0) is 11.3 Å². The molecule has 0 spiro atoms. The average molecular weight is 336 g/mol. The van der Waals surface area contributed by atoms with Gasteiger partial charge in [0.05, 0.1) is 11.8 Å². The summed E-state index contributed by atoms with van der Waals surface area (Å²) in [5.74, 6) is 0.852. The molecule has 1 N–H and O–H groups in total. The van der Waals surface area contributed by atoms with E-state index in [9.17, 15) is 4.79 Å². The van der Waals surface area contributed by atoms with Crippen molar-refractivity contribution in [1.82, 2.24) is 20.3 Å². The number of likely N-dealkylation sites (tertiary alicyclic amines) is 1. The number of piperidine rings is 1. The van der Waals surface area contributed by atoms with Crippen LogP contribution in [-0.4, -0.2) is 67.4 Å². The van der Waals surface area contributed by atoms with Crippen molar-refractivity contribution in [3.05, 3.63) is 17.5 Å². The van der Waals surface area contributed by atoms with E-state index in [1.165, 1.54) is 0 Å². The molecule has 1 aromatic rings. The number of aryl methyl sites for hydroxylation is 1. The largest absolute Gasteiger partial charge is 0.378 e. The number of urea groups is 1. The molecule has 3 heterocycles. The fraction of sp³-hybridized carbons (Fsp3) is 0.765. The van der Waals surface area contributed by atoms with Gasteiger partial charge < -0.3 is 19.5 Å². The van der Waals surface area contributed by atoms with Gasteiger partial charge in [0, 0.05) is 58.4 Å². The highest BCUT2D eigenvalue weighted by Crippen LogP contribution is 2.43. The summed E-state index contributed by atoms with van der Waals surface area (Å²) in [5, 5.41) is 7.10. The van der Waals surface area contributed by atoms with Crippen LogP contribution in [0.2, 0.25) is 0 Å². The van der Waals surface area contributed by atoms with Crippen LogP contribution in [0.4, 0.5) is 4.79 Å². The Morgan fingerprint density at radius 1 is 1.54 bits per heavy atom. The van der Waals surface area contributed by atoms with Crippen LogP contribution in [0.3, 0.4) is 0 Å². The molecule has 7 heteroatoms. The molecule has 2 aliphatic rings. The third-order valence-corrected chi connectivity index (χ3v) is 5.22. The number of carbonyl (C=O) groups is 1. The minimum atomic E-state index is -0.0346. The predicted octanol–water partition coefficient (Wildman–Crippen LogP) is 1.63. The number of aromatic nitrogens is 1. The Bertz CT molecular complexity index is 574. The maximum Gasteiger partial charge on any atom is 0.316 e. The number of nitrogens with zero attached hydrogens (tertiary/aromatic N) is 3. The minimum absolute atomic E-state index is 0.0346. The first-order valence-corrected chi connectivity index (χ1v) is 8.70. The lowest BCUT2D eigenvalue weighted by Gasteiger charge is -2.43. The fourth-order valence-electron chi connectivity index (χ4n) is 3.93. The van der Waals surface area contributed by atoms with Gasteiger partial charge in [-0.25, -0.2) is 4.79 Å². The average Bonchev–Trinajstić information content (AvgIpc) is 3.13. The van der Waals surface area contributed by atoms with Crippen molar-refractivity contribution in [1.29, 1.82) is 0 Å². The molecule has 2 amide bonds. The predicted molar refractivity (Wildman–Crippen MR) is 89.6 cm³/mol. The smallest absolute Gasteiger partial charge is 0.316 e. The van der Waals surface area contributed by atoms with Gasteiger partial charge in [0.1, 0.15) is 5.76 Å². The van der Waals surface area contributed by atoms with E-state index >= 15 is 0 Å². The monoisotopic (exact) mass is 336 g/mol. The lowest BCUT2D eigenvalue weighted by molar-refractivity contribution is -0.0244. The van der Waals surface area contributed by atoms with Crippen LogP contribution < -0.4 is 5.32 Å². The molecule has 134 valence electrons. The maximum atomic E-state index is 11.7. The number of amides is 2. The summed E-state index contributed by atoms with van der Waals surface area (Å²) in [5.41, 5.74) is 1.12. The van der Waals surface area contributed by atoms with Crippen LogP contribution in [0.15, 0.2) is 10.6 Å². The highest BCUT2D eigenvalue weighted by molar-refractivity contribution is 5.73. The Morgan fingerprint density at radius 2 is 2.38 bits per heavy atom. The summed E-state index contributed by atoms with van der Waals surface area (Å²) < 4.78 is 11.2. The molecule has 1 aromatic heterocycles. The quantitative estimate of drug-likeness (QED) is 0.885. The standard InChI is InChI=1S/C17H28N4O3/c1-13-10-14(19-24-13)11-21-8-4-15-17(12-21,6-9-23-15)5-7-18-16(22)20(2)3/h10,15H,4-9,11-12H2,1-3H3,(H,18,22)/t15-,17+/m0/s1. The second kappa shape index (κ2) is 7.11. The first kappa shape index (κ1) is 17.2. The van der Waals surface area contributed by atoms with E-state index in [0.717, 1.165) is 57.0 Å². The Hall–Kier alpha value is -1.60. The molecule has 3 rings (SSSR count). The number of ether oxygens (including phenoxy) is 1. The number of rotatable bonds is 5. The first-order chi connectivity index (χ1) is 11.5. The van der Waals surface area contributed by atoms with E-state index < -0.39 is 0 Å². The molecule has 0 bridgehead atoms. The molecule has 2 aliphatic heterocycles. The molecule has 0 aliphatic carbocycles. The minimum Gasteiger partial charge on any atom is -0.378 e. The van der Waals surface area contributed by atoms with Crippen LogP contribution in [0, 0.1) is 12.3 Å². The molecule has 2 atom stereocenters. The molecule has 2 fully saturated rings. The number of hydrogen-bond acceptors (Lipinski definition) is 5. The highest BCUT2D eigenvalue weighted by Gasteiger charge is 2.47. The van der Waals surface area contributed by atoms with E-state index in [0.29, 0.717) is 12.6 Å². The third kappa shape index (κ3) is 3.72. The Kier molecular flexibility index (Phi) is 5.10. The Morgan fingerprint density at radius 3 is 3.08 bits per heavy atom. The van der Waals surface area contributed by atoms with Gasteiger partial charge in [0.25, 0.3) is 0 Å². The van der Waals surface area contributed by atoms with E-state index in [1.54, 1.807) is 19.0 Å². The molecule has 0 saturated carbocycles. The molecule has 7 nitrogen and oxygen atoms in total. The SMILES string of the molecule is Cc1cc(CN2CC[C@@H]3OCC[C@]3(CCNC(=O)N(C)C)C2)no1. The van der Waals surface area contributed by atoms with Gasteiger partial charge in [0.15, 0.2) is 0 Å². The summed E-state index contributed by atoms with van der Waals surface area (Å²) in [6, 6.07) is 1.97. The van der Waals surface area contributed by atoms with Gasteiger partial charge >= 0.3 is 6.03 Å². The van der Waals surface area contributed by atoms with Crippen molar-refractivity contribution in [3.8, 4) is 0 Å². The van der Waals surface area contributed by atoms with Crippen molar-refractivity contribution in [2.45, 2.75) is 38.8 Å². The Balaban J connectivity index is 1.59. The van der Waals surface area contributed by atoms with Crippen molar-refractivity contribution < 1.29 is 14.1 Å². The maximum absolute atomic E-state index is 11.7. The van der Waals surface area contributed by atoms with E-state index in [-0.39, 0.29) is 11.4 Å². The normalized spacial score (nSPS) is 27.0. The number of hydrogen-bond donors (Lipinski definition) is 1. The number of carbonyl (C=O) groups excluding carboxylic acids is 1. The summed E-state index contributed by atoms with van der Waals surface area (Å²) in [4.78, 5) is 15.7. The topological polar surface area (TPSA) is 70.8 Å². The van der Waals surface area contributed by atoms with Crippen molar-refractivity contribution in [2.75, 3.05) is 40.3 Å². The van der Waals surface area contributed by atoms with Crippen LogP contribution in [0.5, 0.6) is 0 Å². The summed E-state index contributed by atoms with van der Waals surface area (Å²) in [7, 11) is 3.52. The summed E-state index contributed by atoms with van der Waals surface area (Å²) in [6.07, 6.45) is 3.36. The second-order valence-corrected chi connectivity index (χ2v) is 7.28. The van der Waals surface area contributed by atoms with Gasteiger partial charge in [-0.2, -0.15) is 0 Å². The summed E-state index contributed by atoms with van der Waals surface area (Å²) in [6.45, 7) is 6.25. The van der Waals surface area contributed by atoms with Gasteiger partial charge in [0.2, 0.25) is 0 Å². The second-order valence-electron chi connectivity index (χ2n) is 7.28. The lowest BCUT2D eigenvalue weighted by atomic mass is 9.74. The zero-order valence-electron chi connectivity index (χ0n) is 14.9. The van der Waals surface area contributed by atoms with Crippen LogP contribution in [0.1, 0.15) is 30.7 Å². The van der Waals surface area contributed by atoms with Gasteiger partial charge in [-0.15, -0.1) is 0 Å². The molecule has 24 heavy (non-hydrogen) atoms. The lowest BCUT2D eigenvalue weighted by Crippen LogP contribution is -2.50. The summed E-state index contributed by atoms with van der Waals surface area (Å²) >= 11 is 0. The van der Waals surface area contributed by atoms with Crippen molar-refractivity contribution >= 4 is 6.03 Å². The van der Waals surface area contributed by atoms with Crippen molar-refractivity contribution in [3.63, 3.8) is 0 Å². The molecule has 0 unspecified atom stereocenters. The highest BCUT2D eigenvalue weighted by atomic mass is 16.5. The van der Waals surface area contributed by atoms with Gasteiger partial charge in [-0.3, -0.25) is 4.90 Å². The van der Waals surface area contributed by atoms with E-state index in [2.05, 4.69) is 15.4 Å². The number of fused-ring (bicyclic) bond motifs is 1. The molecular weight excluding hydrogens is 308 g/mol. The third-order valence-electron chi connectivity index (χ3n) is 5.22. The molecule has 2 saturated heterocycles. The van der Waals surface area contributed by atoms with Gasteiger partial charge in [-0.1, -0.05) is 5.16 Å².